The first-order chi connectivity index (χ1) is 15.4. The Balaban J connectivity index is 1.87. The van der Waals surface area contributed by atoms with Crippen LogP contribution >= 0.6 is 15.9 Å². The first-order valence-electron chi connectivity index (χ1n) is 10.2. The Morgan fingerprint density at radius 2 is 1.56 bits per heavy atom. The molecule has 0 atom stereocenters. The number of nitrogens with one attached hydrogen (secondary N) is 1. The summed E-state index contributed by atoms with van der Waals surface area (Å²) >= 11 is 3.42. The summed E-state index contributed by atoms with van der Waals surface area (Å²) in [6.45, 7) is 4.17. The molecule has 3 aromatic carbocycles. The number of benzene rings is 3. The first kappa shape index (κ1) is 20.3. The molecule has 0 aliphatic carbocycles. The largest absolute Gasteiger partial charge is 0.359 e. The Morgan fingerprint density at radius 3 is 2.25 bits per heavy atom. The molecule has 32 heavy (non-hydrogen) atoms. The Kier molecular flexibility index (Phi) is 4.94. The zero-order valence-corrected chi connectivity index (χ0v) is 19.1. The van der Waals surface area contributed by atoms with Crippen LogP contribution < -0.4 is 16.7 Å². The summed E-state index contributed by atoms with van der Waals surface area (Å²) < 4.78 is 4.79. The van der Waals surface area contributed by atoms with Gasteiger partial charge in [-0.15, -0.1) is 0 Å². The lowest BCUT2D eigenvalue weighted by molar-refractivity contribution is 0.790. The molecule has 160 valence electrons. The topological polar surface area (TPSA) is 72.8 Å². The van der Waals surface area contributed by atoms with E-state index in [-0.39, 0.29) is 11.9 Å². The summed E-state index contributed by atoms with van der Waals surface area (Å²) in [7, 11) is 0. The van der Waals surface area contributed by atoms with Crippen LogP contribution in [0.5, 0.6) is 0 Å². The molecule has 0 saturated heterocycles. The maximum atomic E-state index is 13.5. The number of aromatic nitrogens is 4. The number of anilines is 2. The molecule has 5 rings (SSSR count). The predicted molar refractivity (Wildman–Crippen MR) is 130 cm³/mol. The minimum atomic E-state index is -0.495. The van der Waals surface area contributed by atoms with Crippen LogP contribution in [-0.2, 0) is 0 Å². The van der Waals surface area contributed by atoms with E-state index in [1.165, 1.54) is 9.03 Å². The van der Waals surface area contributed by atoms with Gasteiger partial charge in [0.25, 0.3) is 0 Å². The standard InChI is InChI=1S/C24H20BrN5O2/c1-15(2)16-8-13-20-21(14-16)29-23(31)28(19-6-4-3-5-7-19)24(32)30(29)22(27-20)26-18-11-9-17(25)10-12-18/h3-15H,1-2H3,(H,26,27). The van der Waals surface area contributed by atoms with Gasteiger partial charge in [0.1, 0.15) is 0 Å². The van der Waals surface area contributed by atoms with Crippen LogP contribution in [0.2, 0.25) is 0 Å². The molecular formula is C24H20BrN5O2. The Morgan fingerprint density at radius 1 is 0.875 bits per heavy atom. The van der Waals surface area contributed by atoms with Gasteiger partial charge in [-0.3, -0.25) is 0 Å². The van der Waals surface area contributed by atoms with Gasteiger partial charge in [-0.2, -0.15) is 9.03 Å². The quantitative estimate of drug-likeness (QED) is 0.396. The molecule has 7 nitrogen and oxygen atoms in total. The molecule has 0 amide bonds. The SMILES string of the molecule is CC(C)c1ccc2nc(Nc3ccc(Br)cc3)n3c(=O)n(-c4ccccc4)c(=O)n3c2c1. The summed E-state index contributed by atoms with van der Waals surface area (Å²) in [6.07, 6.45) is 0. The number of fused-ring (bicyclic) bond motifs is 3. The second-order valence-corrected chi connectivity index (χ2v) is 8.75. The number of hydrogen-bond acceptors (Lipinski definition) is 4. The zero-order chi connectivity index (χ0) is 22.4. The van der Waals surface area contributed by atoms with Gasteiger partial charge in [0.2, 0.25) is 5.95 Å². The Hall–Kier alpha value is -3.65. The van der Waals surface area contributed by atoms with Gasteiger partial charge >= 0.3 is 11.4 Å². The van der Waals surface area contributed by atoms with Crippen molar-refractivity contribution in [2.75, 3.05) is 5.32 Å². The smallest absolute Gasteiger partial charge is 0.324 e. The molecule has 0 radical (unpaired) electrons. The molecule has 2 aromatic heterocycles. The maximum absolute atomic E-state index is 13.5. The molecular weight excluding hydrogens is 470 g/mol. The van der Waals surface area contributed by atoms with Gasteiger partial charge in [0, 0.05) is 10.2 Å². The minimum Gasteiger partial charge on any atom is -0.324 e. The molecule has 0 fully saturated rings. The fourth-order valence-electron chi connectivity index (χ4n) is 3.70. The lowest BCUT2D eigenvalue weighted by Gasteiger charge is -2.12. The summed E-state index contributed by atoms with van der Waals surface area (Å²) in [6, 6.07) is 22.2. The first-order valence-corrected chi connectivity index (χ1v) is 11.0. The number of rotatable bonds is 4. The van der Waals surface area contributed by atoms with E-state index < -0.39 is 11.4 Å². The van der Waals surface area contributed by atoms with Gasteiger partial charge in [-0.25, -0.2) is 19.1 Å². The third-order valence-electron chi connectivity index (χ3n) is 5.38. The number of para-hydroxylation sites is 1. The van der Waals surface area contributed by atoms with Crippen molar-refractivity contribution in [2.45, 2.75) is 19.8 Å². The highest BCUT2D eigenvalue weighted by Crippen LogP contribution is 2.23. The van der Waals surface area contributed by atoms with Crippen molar-refractivity contribution in [3.8, 4) is 5.69 Å². The molecule has 1 N–H and O–H groups in total. The van der Waals surface area contributed by atoms with Crippen molar-refractivity contribution >= 4 is 38.6 Å². The summed E-state index contributed by atoms with van der Waals surface area (Å²) in [4.78, 5) is 31.7. The molecule has 5 aromatic rings. The molecule has 0 unspecified atom stereocenters. The van der Waals surface area contributed by atoms with Crippen molar-refractivity contribution in [1.82, 2.24) is 18.6 Å². The Bertz CT molecular complexity index is 1560. The van der Waals surface area contributed by atoms with Gasteiger partial charge in [-0.1, -0.05) is 54.0 Å². The normalized spacial score (nSPS) is 11.5. The number of nitrogens with zero attached hydrogens (tertiary/aromatic N) is 4. The van der Waals surface area contributed by atoms with Gasteiger partial charge in [-0.05, 0) is 60.0 Å². The maximum Gasteiger partial charge on any atom is 0.359 e. The fraction of sp³-hybridized carbons (Fsp3) is 0.125. The lowest BCUT2D eigenvalue weighted by Crippen LogP contribution is -2.26. The number of halogens is 1. The molecule has 0 saturated carbocycles. The highest BCUT2D eigenvalue weighted by atomic mass is 79.9. The van der Waals surface area contributed by atoms with E-state index >= 15 is 0 Å². The van der Waals surface area contributed by atoms with Crippen LogP contribution in [0.3, 0.4) is 0 Å². The van der Waals surface area contributed by atoms with E-state index in [0.717, 1.165) is 20.3 Å². The van der Waals surface area contributed by atoms with E-state index in [4.69, 9.17) is 4.98 Å². The third-order valence-corrected chi connectivity index (χ3v) is 5.91. The van der Waals surface area contributed by atoms with Crippen LogP contribution in [0, 0.1) is 0 Å². The fourth-order valence-corrected chi connectivity index (χ4v) is 3.97. The van der Waals surface area contributed by atoms with Crippen LogP contribution in [0.4, 0.5) is 11.6 Å². The highest BCUT2D eigenvalue weighted by Gasteiger charge is 2.20. The van der Waals surface area contributed by atoms with Gasteiger partial charge in [0.05, 0.1) is 16.7 Å². The summed E-state index contributed by atoms with van der Waals surface area (Å²) in [5.74, 6) is 0.521. The molecule has 2 heterocycles. The van der Waals surface area contributed by atoms with Crippen molar-refractivity contribution in [3.63, 3.8) is 0 Å². The second kappa shape index (κ2) is 7.80. The molecule has 0 aliphatic rings. The van der Waals surface area contributed by atoms with Crippen molar-refractivity contribution in [1.29, 1.82) is 0 Å². The van der Waals surface area contributed by atoms with E-state index in [2.05, 4.69) is 35.1 Å². The highest BCUT2D eigenvalue weighted by molar-refractivity contribution is 9.10. The van der Waals surface area contributed by atoms with Gasteiger partial charge < -0.3 is 5.32 Å². The monoisotopic (exact) mass is 489 g/mol. The van der Waals surface area contributed by atoms with Crippen LogP contribution in [-0.4, -0.2) is 18.6 Å². The summed E-state index contributed by atoms with van der Waals surface area (Å²) in [5, 5.41) is 3.19. The molecule has 0 spiro atoms. The van der Waals surface area contributed by atoms with E-state index in [0.29, 0.717) is 16.7 Å². The molecule has 0 bridgehead atoms. The number of hydrogen-bond donors (Lipinski definition) is 1. The minimum absolute atomic E-state index is 0.258. The predicted octanol–water partition coefficient (Wildman–Crippen LogP) is 4.73. The van der Waals surface area contributed by atoms with Crippen LogP contribution in [0.1, 0.15) is 25.3 Å². The average Bonchev–Trinajstić information content (AvgIpc) is 3.06. The average molecular weight is 490 g/mol. The van der Waals surface area contributed by atoms with Gasteiger partial charge in [0.15, 0.2) is 0 Å². The zero-order valence-electron chi connectivity index (χ0n) is 17.5. The van der Waals surface area contributed by atoms with Crippen molar-refractivity contribution < 1.29 is 0 Å². The summed E-state index contributed by atoms with van der Waals surface area (Å²) in [5.41, 5.74) is 2.55. The second-order valence-electron chi connectivity index (χ2n) is 7.83. The van der Waals surface area contributed by atoms with Crippen molar-refractivity contribution in [3.05, 3.63) is 104 Å². The lowest BCUT2D eigenvalue weighted by atomic mass is 10.0. The van der Waals surface area contributed by atoms with E-state index in [1.807, 2.05) is 48.5 Å². The van der Waals surface area contributed by atoms with E-state index in [1.54, 1.807) is 24.3 Å². The van der Waals surface area contributed by atoms with E-state index in [9.17, 15) is 9.59 Å². The van der Waals surface area contributed by atoms with Crippen LogP contribution in [0.15, 0.2) is 86.9 Å². The van der Waals surface area contributed by atoms with Crippen molar-refractivity contribution in [2.24, 2.45) is 0 Å². The Labute approximate surface area is 191 Å². The molecule has 0 aliphatic heterocycles. The molecule has 8 heteroatoms. The van der Waals surface area contributed by atoms with Crippen LogP contribution in [0.25, 0.3) is 16.7 Å². The third kappa shape index (κ3) is 3.33.